The maximum absolute atomic E-state index is 13.1. The average Bonchev–Trinajstić information content (AvgIpc) is 2.37. The minimum absolute atomic E-state index is 0.109. The standard InChI is InChI=1S/C14H15FN2/c1-16-14(13-7-2-3-8-17-13)10-11-5-4-6-12(15)9-11/h2-9,14,16H,10H2,1H3. The third-order valence-electron chi connectivity index (χ3n) is 2.72. The third-order valence-corrected chi connectivity index (χ3v) is 2.72. The summed E-state index contributed by atoms with van der Waals surface area (Å²) >= 11 is 0. The summed E-state index contributed by atoms with van der Waals surface area (Å²) in [5.41, 5.74) is 1.94. The van der Waals surface area contributed by atoms with E-state index < -0.39 is 0 Å². The Balaban J connectivity index is 2.16. The molecule has 17 heavy (non-hydrogen) atoms. The molecular formula is C14H15FN2. The largest absolute Gasteiger partial charge is 0.311 e. The summed E-state index contributed by atoms with van der Waals surface area (Å²) in [7, 11) is 1.89. The van der Waals surface area contributed by atoms with Crippen LogP contribution < -0.4 is 5.32 Å². The monoisotopic (exact) mass is 230 g/mol. The summed E-state index contributed by atoms with van der Waals surface area (Å²) < 4.78 is 13.1. The molecule has 0 aliphatic carbocycles. The summed E-state index contributed by atoms with van der Waals surface area (Å²) in [5, 5.41) is 3.20. The third kappa shape index (κ3) is 3.11. The highest BCUT2D eigenvalue weighted by molar-refractivity contribution is 5.20. The van der Waals surface area contributed by atoms with E-state index in [2.05, 4.69) is 10.3 Å². The molecule has 0 bridgehead atoms. The number of pyridine rings is 1. The van der Waals surface area contributed by atoms with Gasteiger partial charge in [-0.3, -0.25) is 4.98 Å². The average molecular weight is 230 g/mol. The van der Waals surface area contributed by atoms with Crippen LogP contribution in [-0.4, -0.2) is 12.0 Å². The van der Waals surface area contributed by atoms with Gasteiger partial charge in [0.15, 0.2) is 0 Å². The van der Waals surface area contributed by atoms with Crippen molar-refractivity contribution >= 4 is 0 Å². The number of hydrogen-bond donors (Lipinski definition) is 1. The molecule has 0 aliphatic heterocycles. The van der Waals surface area contributed by atoms with Crippen LogP contribution in [0.15, 0.2) is 48.7 Å². The smallest absolute Gasteiger partial charge is 0.123 e. The molecule has 88 valence electrons. The molecule has 0 radical (unpaired) electrons. The lowest BCUT2D eigenvalue weighted by Crippen LogP contribution is -2.19. The summed E-state index contributed by atoms with van der Waals surface area (Å²) in [6.45, 7) is 0. The zero-order chi connectivity index (χ0) is 12.1. The van der Waals surface area contributed by atoms with Gasteiger partial charge in [-0.05, 0) is 43.3 Å². The van der Waals surface area contributed by atoms with Crippen molar-refractivity contribution in [2.75, 3.05) is 7.05 Å². The van der Waals surface area contributed by atoms with Gasteiger partial charge in [-0.15, -0.1) is 0 Å². The van der Waals surface area contributed by atoms with Crippen molar-refractivity contribution in [3.63, 3.8) is 0 Å². The second kappa shape index (κ2) is 5.55. The van der Waals surface area contributed by atoms with Crippen LogP contribution in [0.25, 0.3) is 0 Å². The lowest BCUT2D eigenvalue weighted by molar-refractivity contribution is 0.570. The summed E-state index contributed by atoms with van der Waals surface area (Å²) in [6.07, 6.45) is 2.50. The van der Waals surface area contributed by atoms with Crippen molar-refractivity contribution in [2.24, 2.45) is 0 Å². The Labute approximate surface area is 101 Å². The highest BCUT2D eigenvalue weighted by Crippen LogP contribution is 2.16. The lowest BCUT2D eigenvalue weighted by atomic mass is 10.0. The van der Waals surface area contributed by atoms with Crippen LogP contribution in [-0.2, 0) is 6.42 Å². The van der Waals surface area contributed by atoms with Gasteiger partial charge in [-0.1, -0.05) is 18.2 Å². The number of hydrogen-bond acceptors (Lipinski definition) is 2. The van der Waals surface area contributed by atoms with Crippen molar-refractivity contribution in [2.45, 2.75) is 12.5 Å². The second-order valence-electron chi connectivity index (χ2n) is 3.93. The molecule has 3 heteroatoms. The van der Waals surface area contributed by atoms with Crippen molar-refractivity contribution in [3.8, 4) is 0 Å². The van der Waals surface area contributed by atoms with Crippen LogP contribution >= 0.6 is 0 Å². The predicted molar refractivity (Wildman–Crippen MR) is 66.1 cm³/mol. The molecule has 1 atom stereocenters. The topological polar surface area (TPSA) is 24.9 Å². The fourth-order valence-corrected chi connectivity index (χ4v) is 1.84. The SMILES string of the molecule is CNC(Cc1cccc(F)c1)c1ccccn1. The van der Waals surface area contributed by atoms with Crippen LogP contribution in [0.4, 0.5) is 4.39 Å². The molecule has 1 N–H and O–H groups in total. The molecule has 0 spiro atoms. The van der Waals surface area contributed by atoms with Gasteiger partial charge in [0, 0.05) is 6.20 Å². The molecule has 2 nitrogen and oxygen atoms in total. The first kappa shape index (κ1) is 11.7. The number of halogens is 1. The molecule has 1 heterocycles. The highest BCUT2D eigenvalue weighted by Gasteiger charge is 2.11. The van der Waals surface area contributed by atoms with Crippen molar-refractivity contribution in [1.29, 1.82) is 0 Å². The van der Waals surface area contributed by atoms with Crippen molar-refractivity contribution in [1.82, 2.24) is 10.3 Å². The van der Waals surface area contributed by atoms with E-state index in [4.69, 9.17) is 0 Å². The Hall–Kier alpha value is -1.74. The Kier molecular flexibility index (Phi) is 3.83. The quantitative estimate of drug-likeness (QED) is 0.873. The van der Waals surface area contributed by atoms with Gasteiger partial charge < -0.3 is 5.32 Å². The molecule has 2 aromatic rings. The summed E-state index contributed by atoms with van der Waals surface area (Å²) in [5.74, 6) is -0.196. The van der Waals surface area contributed by atoms with E-state index in [-0.39, 0.29) is 11.9 Å². The fraction of sp³-hybridized carbons (Fsp3) is 0.214. The maximum atomic E-state index is 13.1. The molecule has 0 fully saturated rings. The van der Waals surface area contributed by atoms with E-state index in [0.717, 1.165) is 17.7 Å². The van der Waals surface area contributed by atoms with E-state index >= 15 is 0 Å². The van der Waals surface area contributed by atoms with Crippen molar-refractivity contribution < 1.29 is 4.39 Å². The number of rotatable bonds is 4. The first-order valence-corrected chi connectivity index (χ1v) is 5.62. The molecule has 1 aromatic carbocycles. The number of benzene rings is 1. The van der Waals surface area contributed by atoms with Crippen LogP contribution in [0.5, 0.6) is 0 Å². The molecule has 1 aromatic heterocycles. The number of nitrogens with one attached hydrogen (secondary N) is 1. The zero-order valence-corrected chi connectivity index (χ0v) is 9.73. The summed E-state index contributed by atoms with van der Waals surface area (Å²) in [6, 6.07) is 12.6. The van der Waals surface area contributed by atoms with E-state index in [1.807, 2.05) is 31.3 Å². The van der Waals surface area contributed by atoms with Crippen LogP contribution in [0.1, 0.15) is 17.3 Å². The fourth-order valence-electron chi connectivity index (χ4n) is 1.84. The number of aromatic nitrogens is 1. The Morgan fingerprint density at radius 2 is 2.12 bits per heavy atom. The van der Waals surface area contributed by atoms with Crippen LogP contribution in [0, 0.1) is 5.82 Å². The minimum Gasteiger partial charge on any atom is -0.311 e. The van der Waals surface area contributed by atoms with Gasteiger partial charge in [0.1, 0.15) is 5.82 Å². The normalized spacial score (nSPS) is 12.4. The van der Waals surface area contributed by atoms with Crippen LogP contribution in [0.3, 0.4) is 0 Å². The minimum atomic E-state index is -0.196. The van der Waals surface area contributed by atoms with Gasteiger partial charge >= 0.3 is 0 Å². The molecule has 1 unspecified atom stereocenters. The number of nitrogens with zero attached hydrogens (tertiary/aromatic N) is 1. The van der Waals surface area contributed by atoms with E-state index in [9.17, 15) is 4.39 Å². The first-order chi connectivity index (χ1) is 8.29. The lowest BCUT2D eigenvalue weighted by Gasteiger charge is -2.15. The zero-order valence-electron chi connectivity index (χ0n) is 9.73. The summed E-state index contributed by atoms with van der Waals surface area (Å²) in [4.78, 5) is 4.31. The van der Waals surface area contributed by atoms with Gasteiger partial charge in [0.05, 0.1) is 11.7 Å². The molecule has 0 saturated heterocycles. The second-order valence-corrected chi connectivity index (χ2v) is 3.93. The van der Waals surface area contributed by atoms with Gasteiger partial charge in [-0.2, -0.15) is 0 Å². The first-order valence-electron chi connectivity index (χ1n) is 5.62. The van der Waals surface area contributed by atoms with Gasteiger partial charge in [0.25, 0.3) is 0 Å². The van der Waals surface area contributed by atoms with E-state index in [1.54, 1.807) is 18.3 Å². The van der Waals surface area contributed by atoms with Crippen LogP contribution in [0.2, 0.25) is 0 Å². The number of likely N-dealkylation sites (N-methyl/N-ethyl adjacent to an activating group) is 1. The predicted octanol–water partition coefficient (Wildman–Crippen LogP) is 2.72. The highest BCUT2D eigenvalue weighted by atomic mass is 19.1. The molecule has 0 saturated carbocycles. The molecule has 0 amide bonds. The molecular weight excluding hydrogens is 215 g/mol. The van der Waals surface area contributed by atoms with E-state index in [0.29, 0.717) is 0 Å². The molecule has 0 aliphatic rings. The molecule has 2 rings (SSSR count). The Morgan fingerprint density at radius 1 is 1.24 bits per heavy atom. The van der Waals surface area contributed by atoms with Gasteiger partial charge in [0.2, 0.25) is 0 Å². The van der Waals surface area contributed by atoms with E-state index in [1.165, 1.54) is 6.07 Å². The van der Waals surface area contributed by atoms with Crippen molar-refractivity contribution in [3.05, 3.63) is 65.7 Å². The Bertz CT molecular complexity index is 471. The van der Waals surface area contributed by atoms with Gasteiger partial charge in [-0.25, -0.2) is 4.39 Å². The Morgan fingerprint density at radius 3 is 2.76 bits per heavy atom. The maximum Gasteiger partial charge on any atom is 0.123 e.